The first-order valence-electron chi connectivity index (χ1n) is 12.3. The highest BCUT2D eigenvalue weighted by Crippen LogP contribution is 2.15. The van der Waals surface area contributed by atoms with E-state index in [1.54, 1.807) is 0 Å². The average molecular weight is 367 g/mol. The SMILES string of the molecule is CCCCCCCCCN(CCCCCCCCC)CCC1CCNC1. The van der Waals surface area contributed by atoms with Crippen molar-refractivity contribution in [3.8, 4) is 0 Å². The summed E-state index contributed by atoms with van der Waals surface area (Å²) in [6.07, 6.45) is 22.9. The Bertz CT molecular complexity index is 255. The molecule has 0 aromatic carbocycles. The molecule has 0 saturated carbocycles. The third-order valence-corrected chi connectivity index (χ3v) is 6.17. The van der Waals surface area contributed by atoms with Gasteiger partial charge in [0.05, 0.1) is 0 Å². The van der Waals surface area contributed by atoms with Gasteiger partial charge in [-0.05, 0) is 64.3 Å². The molecule has 1 atom stereocenters. The first-order valence-corrected chi connectivity index (χ1v) is 12.3. The topological polar surface area (TPSA) is 15.3 Å². The van der Waals surface area contributed by atoms with Gasteiger partial charge in [0.1, 0.15) is 0 Å². The fraction of sp³-hybridized carbons (Fsp3) is 1.00. The van der Waals surface area contributed by atoms with Crippen LogP contribution < -0.4 is 5.32 Å². The van der Waals surface area contributed by atoms with Gasteiger partial charge in [0.2, 0.25) is 0 Å². The predicted octanol–water partition coefficient (Wildman–Crippen LogP) is 6.79. The van der Waals surface area contributed by atoms with E-state index in [1.807, 2.05) is 0 Å². The average Bonchev–Trinajstić information content (AvgIpc) is 3.17. The van der Waals surface area contributed by atoms with Gasteiger partial charge in [-0.25, -0.2) is 0 Å². The van der Waals surface area contributed by atoms with Crippen LogP contribution in [-0.4, -0.2) is 37.6 Å². The van der Waals surface area contributed by atoms with E-state index >= 15 is 0 Å². The van der Waals surface area contributed by atoms with Crippen LogP contribution in [0.25, 0.3) is 0 Å². The van der Waals surface area contributed by atoms with Crippen molar-refractivity contribution in [1.82, 2.24) is 10.2 Å². The minimum Gasteiger partial charge on any atom is -0.316 e. The molecule has 0 radical (unpaired) electrons. The van der Waals surface area contributed by atoms with Gasteiger partial charge in [-0.1, -0.05) is 90.9 Å². The molecule has 0 spiro atoms. The zero-order valence-corrected chi connectivity index (χ0v) is 18.4. The summed E-state index contributed by atoms with van der Waals surface area (Å²) in [5, 5.41) is 3.53. The number of rotatable bonds is 19. The van der Waals surface area contributed by atoms with Crippen LogP contribution >= 0.6 is 0 Å². The number of hydrogen-bond donors (Lipinski definition) is 1. The molecule has 1 fully saturated rings. The fourth-order valence-corrected chi connectivity index (χ4v) is 4.25. The summed E-state index contributed by atoms with van der Waals surface area (Å²) in [5.41, 5.74) is 0. The molecule has 2 heteroatoms. The molecule has 0 bridgehead atoms. The summed E-state index contributed by atoms with van der Waals surface area (Å²) in [5.74, 6) is 0.945. The molecule has 0 aromatic heterocycles. The predicted molar refractivity (Wildman–Crippen MR) is 118 cm³/mol. The molecule has 0 aliphatic carbocycles. The fourth-order valence-electron chi connectivity index (χ4n) is 4.25. The van der Waals surface area contributed by atoms with Crippen molar-refractivity contribution in [2.24, 2.45) is 5.92 Å². The van der Waals surface area contributed by atoms with Gasteiger partial charge in [-0.3, -0.25) is 0 Å². The number of nitrogens with one attached hydrogen (secondary N) is 1. The second kappa shape index (κ2) is 18.3. The first-order chi connectivity index (χ1) is 12.9. The van der Waals surface area contributed by atoms with Crippen LogP contribution in [0.1, 0.15) is 117 Å². The molecule has 1 rings (SSSR count). The van der Waals surface area contributed by atoms with Gasteiger partial charge in [-0.2, -0.15) is 0 Å². The Labute approximate surface area is 165 Å². The lowest BCUT2D eigenvalue weighted by Crippen LogP contribution is -2.29. The summed E-state index contributed by atoms with van der Waals surface area (Å²) in [6, 6.07) is 0. The Hall–Kier alpha value is -0.0800. The third kappa shape index (κ3) is 14.0. The summed E-state index contributed by atoms with van der Waals surface area (Å²) < 4.78 is 0. The Morgan fingerprint density at radius 2 is 1.15 bits per heavy atom. The molecular weight excluding hydrogens is 316 g/mol. The molecule has 0 amide bonds. The van der Waals surface area contributed by atoms with Crippen molar-refractivity contribution < 1.29 is 0 Å². The van der Waals surface area contributed by atoms with E-state index in [9.17, 15) is 0 Å². The molecule has 0 aromatic rings. The largest absolute Gasteiger partial charge is 0.316 e. The molecule has 1 heterocycles. The summed E-state index contributed by atoms with van der Waals surface area (Å²) >= 11 is 0. The Morgan fingerprint density at radius 3 is 1.62 bits per heavy atom. The summed E-state index contributed by atoms with van der Waals surface area (Å²) in [6.45, 7) is 11.2. The Kier molecular flexibility index (Phi) is 16.9. The molecule has 26 heavy (non-hydrogen) atoms. The van der Waals surface area contributed by atoms with Gasteiger partial charge in [0.25, 0.3) is 0 Å². The second-order valence-electron chi connectivity index (χ2n) is 8.73. The van der Waals surface area contributed by atoms with Crippen LogP contribution in [0.4, 0.5) is 0 Å². The van der Waals surface area contributed by atoms with E-state index < -0.39 is 0 Å². The van der Waals surface area contributed by atoms with Crippen molar-refractivity contribution in [3.63, 3.8) is 0 Å². The number of nitrogens with zero attached hydrogens (tertiary/aromatic N) is 1. The van der Waals surface area contributed by atoms with Crippen molar-refractivity contribution in [1.29, 1.82) is 0 Å². The van der Waals surface area contributed by atoms with Crippen molar-refractivity contribution in [2.45, 2.75) is 117 Å². The van der Waals surface area contributed by atoms with E-state index in [2.05, 4.69) is 24.1 Å². The zero-order chi connectivity index (χ0) is 18.7. The van der Waals surface area contributed by atoms with Crippen LogP contribution in [0.2, 0.25) is 0 Å². The van der Waals surface area contributed by atoms with Gasteiger partial charge >= 0.3 is 0 Å². The Balaban J connectivity index is 2.09. The highest BCUT2D eigenvalue weighted by Gasteiger charge is 2.15. The zero-order valence-electron chi connectivity index (χ0n) is 18.4. The van der Waals surface area contributed by atoms with E-state index in [4.69, 9.17) is 0 Å². The van der Waals surface area contributed by atoms with Crippen LogP contribution in [0.15, 0.2) is 0 Å². The van der Waals surface area contributed by atoms with Crippen LogP contribution in [-0.2, 0) is 0 Å². The Morgan fingerprint density at radius 1 is 0.654 bits per heavy atom. The lowest BCUT2D eigenvalue weighted by Gasteiger charge is -2.24. The van der Waals surface area contributed by atoms with Gasteiger partial charge in [0, 0.05) is 0 Å². The quantitative estimate of drug-likeness (QED) is 0.253. The van der Waals surface area contributed by atoms with Crippen molar-refractivity contribution in [2.75, 3.05) is 32.7 Å². The van der Waals surface area contributed by atoms with Gasteiger partial charge < -0.3 is 10.2 Å². The number of unbranched alkanes of at least 4 members (excludes halogenated alkanes) is 12. The minimum absolute atomic E-state index is 0.945. The third-order valence-electron chi connectivity index (χ3n) is 6.17. The molecule has 1 N–H and O–H groups in total. The van der Waals surface area contributed by atoms with Crippen LogP contribution in [0.5, 0.6) is 0 Å². The molecule has 1 unspecified atom stereocenters. The monoisotopic (exact) mass is 366 g/mol. The summed E-state index contributed by atoms with van der Waals surface area (Å²) in [7, 11) is 0. The molecule has 1 aliphatic heterocycles. The van der Waals surface area contributed by atoms with Crippen LogP contribution in [0.3, 0.4) is 0 Å². The molecule has 2 nitrogen and oxygen atoms in total. The maximum atomic E-state index is 3.53. The second-order valence-corrected chi connectivity index (χ2v) is 8.73. The van der Waals surface area contributed by atoms with Gasteiger partial charge in [0.15, 0.2) is 0 Å². The highest BCUT2D eigenvalue weighted by atomic mass is 15.1. The normalized spacial score (nSPS) is 17.4. The van der Waals surface area contributed by atoms with E-state index in [0.29, 0.717) is 0 Å². The standard InChI is InChI=1S/C24H50N2/c1-3-5-7-9-11-13-15-20-26(22-18-24-17-19-25-23-24)21-16-14-12-10-8-6-4-2/h24-25H,3-23H2,1-2H3. The lowest BCUT2D eigenvalue weighted by atomic mass is 10.0. The number of hydrogen-bond acceptors (Lipinski definition) is 2. The molecule has 156 valence electrons. The smallest absolute Gasteiger partial charge is 0.00156 e. The van der Waals surface area contributed by atoms with Crippen LogP contribution in [0, 0.1) is 5.92 Å². The van der Waals surface area contributed by atoms with Gasteiger partial charge in [-0.15, -0.1) is 0 Å². The van der Waals surface area contributed by atoms with E-state index in [-0.39, 0.29) is 0 Å². The molecule has 1 aliphatic rings. The first kappa shape index (κ1) is 24.0. The van der Waals surface area contributed by atoms with Crippen molar-refractivity contribution in [3.05, 3.63) is 0 Å². The lowest BCUT2D eigenvalue weighted by molar-refractivity contribution is 0.243. The summed E-state index contributed by atoms with van der Waals surface area (Å²) in [4.78, 5) is 2.80. The maximum Gasteiger partial charge on any atom is -0.00156 e. The highest BCUT2D eigenvalue weighted by molar-refractivity contribution is 4.73. The molecular formula is C24H50N2. The maximum absolute atomic E-state index is 3.53. The van der Waals surface area contributed by atoms with E-state index in [1.165, 1.54) is 135 Å². The minimum atomic E-state index is 0.945. The molecule has 1 saturated heterocycles. The van der Waals surface area contributed by atoms with Crippen molar-refractivity contribution >= 4 is 0 Å². The van der Waals surface area contributed by atoms with E-state index in [0.717, 1.165) is 5.92 Å².